The fourth-order valence-electron chi connectivity index (χ4n) is 10.5. The standard InChI is InChI=1S/C50H30BNO3/c1-53-30-22-23-43-35(26-30)36-27-34-33-14-4-7-17-39(33)50(37-15-5-2-12-31(37)32-13-3-6-16-38(32)50)40(34)28-44(36)52(43)29-24-47-49-48(25-29)55-46-21-11-9-19-42(46)51(49)41-18-8-10-20-45(41)54-47/h2-28H,1H3. The molecule has 0 bridgehead atoms. The van der Waals surface area contributed by atoms with Gasteiger partial charge >= 0.3 is 0 Å². The fraction of sp³-hybridized carbons (Fsp3) is 0.0400. The molecule has 4 nitrogen and oxygen atoms in total. The van der Waals surface area contributed by atoms with Gasteiger partial charge in [0.2, 0.25) is 0 Å². The molecule has 0 N–H and O–H groups in total. The average Bonchev–Trinajstić information content (AvgIpc) is 3.83. The molecule has 0 atom stereocenters. The number of benzene rings is 8. The third kappa shape index (κ3) is 3.59. The first-order valence-corrected chi connectivity index (χ1v) is 18.9. The second-order valence-electron chi connectivity index (χ2n) is 15.1. The summed E-state index contributed by atoms with van der Waals surface area (Å²) in [5.74, 6) is 4.22. The zero-order valence-electron chi connectivity index (χ0n) is 29.8. The molecule has 5 heteroatoms. The molecule has 1 aromatic heterocycles. The number of ether oxygens (including phenoxy) is 3. The average molecular weight is 704 g/mol. The molecular weight excluding hydrogens is 673 g/mol. The van der Waals surface area contributed by atoms with E-state index in [0.29, 0.717) is 0 Å². The number of hydrogen-bond acceptors (Lipinski definition) is 3. The molecule has 0 saturated heterocycles. The smallest absolute Gasteiger partial charge is 0.260 e. The molecule has 0 radical (unpaired) electrons. The summed E-state index contributed by atoms with van der Waals surface area (Å²) in [6.45, 7) is 0.0143. The lowest BCUT2D eigenvalue weighted by atomic mass is 9.35. The maximum absolute atomic E-state index is 6.80. The second kappa shape index (κ2) is 10.4. The van der Waals surface area contributed by atoms with Gasteiger partial charge < -0.3 is 18.8 Å². The molecule has 0 unspecified atom stereocenters. The minimum absolute atomic E-state index is 0.0143. The minimum Gasteiger partial charge on any atom is -0.497 e. The molecule has 2 aliphatic heterocycles. The van der Waals surface area contributed by atoms with E-state index in [0.717, 1.165) is 67.2 Å². The van der Waals surface area contributed by atoms with E-state index in [1.807, 2.05) is 12.1 Å². The Morgan fingerprint density at radius 3 is 1.60 bits per heavy atom. The molecule has 2 aliphatic carbocycles. The first-order chi connectivity index (χ1) is 27.2. The van der Waals surface area contributed by atoms with Crippen LogP contribution in [0.3, 0.4) is 0 Å². The molecule has 9 aromatic rings. The van der Waals surface area contributed by atoms with Crippen LogP contribution in [0.25, 0.3) is 49.7 Å². The third-order valence-electron chi connectivity index (χ3n) is 12.6. The molecule has 0 amide bonds. The van der Waals surface area contributed by atoms with Crippen molar-refractivity contribution in [3.63, 3.8) is 0 Å². The topological polar surface area (TPSA) is 32.6 Å². The van der Waals surface area contributed by atoms with Crippen LogP contribution in [0.5, 0.6) is 28.7 Å². The summed E-state index contributed by atoms with van der Waals surface area (Å²) in [7, 11) is 1.74. The largest absolute Gasteiger partial charge is 0.497 e. The summed E-state index contributed by atoms with van der Waals surface area (Å²) < 4.78 is 21.8. The van der Waals surface area contributed by atoms with Crippen molar-refractivity contribution in [1.82, 2.24) is 4.57 Å². The fourth-order valence-corrected chi connectivity index (χ4v) is 10.5. The zero-order valence-corrected chi connectivity index (χ0v) is 29.8. The number of nitrogens with zero attached hydrogens (tertiary/aromatic N) is 1. The van der Waals surface area contributed by atoms with Gasteiger partial charge in [0.05, 0.1) is 29.2 Å². The monoisotopic (exact) mass is 703 g/mol. The number of fused-ring (bicyclic) bond motifs is 17. The maximum Gasteiger partial charge on any atom is 0.260 e. The third-order valence-corrected chi connectivity index (χ3v) is 12.6. The Balaban J connectivity index is 1.14. The lowest BCUT2D eigenvalue weighted by Gasteiger charge is -2.33. The van der Waals surface area contributed by atoms with Crippen LogP contribution < -0.4 is 30.6 Å². The molecule has 13 rings (SSSR count). The van der Waals surface area contributed by atoms with Crippen molar-refractivity contribution in [1.29, 1.82) is 0 Å². The van der Waals surface area contributed by atoms with Gasteiger partial charge in [-0.1, -0.05) is 109 Å². The predicted octanol–water partition coefficient (Wildman–Crippen LogP) is 9.86. The van der Waals surface area contributed by atoms with E-state index in [2.05, 4.69) is 156 Å². The number of para-hydroxylation sites is 2. The van der Waals surface area contributed by atoms with Gasteiger partial charge in [-0.25, -0.2) is 0 Å². The van der Waals surface area contributed by atoms with Crippen LogP contribution in [0.4, 0.5) is 0 Å². The molecule has 256 valence electrons. The van der Waals surface area contributed by atoms with E-state index in [1.54, 1.807) is 7.11 Å². The first kappa shape index (κ1) is 29.5. The van der Waals surface area contributed by atoms with Crippen molar-refractivity contribution >= 4 is 44.9 Å². The maximum atomic E-state index is 6.80. The summed E-state index contributed by atoms with van der Waals surface area (Å²) in [5.41, 5.74) is 16.5. The van der Waals surface area contributed by atoms with Gasteiger partial charge in [-0.2, -0.15) is 0 Å². The van der Waals surface area contributed by atoms with E-state index >= 15 is 0 Å². The van der Waals surface area contributed by atoms with Crippen molar-refractivity contribution in [2.45, 2.75) is 5.41 Å². The summed E-state index contributed by atoms with van der Waals surface area (Å²) in [4.78, 5) is 0. The van der Waals surface area contributed by atoms with Crippen molar-refractivity contribution in [2.24, 2.45) is 0 Å². The molecule has 0 fully saturated rings. The van der Waals surface area contributed by atoms with Crippen LogP contribution in [0.15, 0.2) is 164 Å². The Kier molecular flexibility index (Phi) is 5.56. The number of rotatable bonds is 2. The van der Waals surface area contributed by atoms with Crippen molar-refractivity contribution in [2.75, 3.05) is 7.11 Å². The van der Waals surface area contributed by atoms with Crippen LogP contribution in [0.2, 0.25) is 0 Å². The minimum atomic E-state index is -0.457. The highest BCUT2D eigenvalue weighted by atomic mass is 16.5. The van der Waals surface area contributed by atoms with Crippen molar-refractivity contribution < 1.29 is 14.2 Å². The molecule has 4 aliphatic rings. The van der Waals surface area contributed by atoms with E-state index in [-0.39, 0.29) is 6.71 Å². The van der Waals surface area contributed by atoms with Gasteiger partial charge in [-0.05, 0) is 97.9 Å². The van der Waals surface area contributed by atoms with Crippen LogP contribution in [0, 0.1) is 0 Å². The van der Waals surface area contributed by atoms with E-state index < -0.39 is 5.41 Å². The van der Waals surface area contributed by atoms with Crippen LogP contribution in [-0.2, 0) is 5.41 Å². The highest BCUT2D eigenvalue weighted by Crippen LogP contribution is 2.63. The molecule has 0 saturated carbocycles. The first-order valence-electron chi connectivity index (χ1n) is 18.9. The van der Waals surface area contributed by atoms with E-state index in [9.17, 15) is 0 Å². The molecule has 1 spiro atoms. The van der Waals surface area contributed by atoms with Gasteiger partial charge in [-0.15, -0.1) is 0 Å². The van der Waals surface area contributed by atoms with Gasteiger partial charge in [-0.3, -0.25) is 0 Å². The zero-order chi connectivity index (χ0) is 36.0. The Bertz CT molecular complexity index is 3060. The van der Waals surface area contributed by atoms with Crippen molar-refractivity contribution in [3.05, 3.63) is 186 Å². The van der Waals surface area contributed by atoms with E-state index in [1.165, 1.54) is 49.9 Å². The summed E-state index contributed by atoms with van der Waals surface area (Å²) >= 11 is 0. The van der Waals surface area contributed by atoms with Gasteiger partial charge in [0.25, 0.3) is 6.71 Å². The van der Waals surface area contributed by atoms with Crippen molar-refractivity contribution in [3.8, 4) is 56.7 Å². The van der Waals surface area contributed by atoms with E-state index in [4.69, 9.17) is 14.2 Å². The highest BCUT2D eigenvalue weighted by molar-refractivity contribution is 6.98. The normalized spacial score (nSPS) is 14.3. The van der Waals surface area contributed by atoms with Crippen LogP contribution in [0.1, 0.15) is 22.3 Å². The Hall–Kier alpha value is -6.98. The Labute approximate surface area is 317 Å². The number of hydrogen-bond donors (Lipinski definition) is 0. The van der Waals surface area contributed by atoms with Gasteiger partial charge in [0.15, 0.2) is 0 Å². The molecule has 55 heavy (non-hydrogen) atoms. The van der Waals surface area contributed by atoms with Gasteiger partial charge in [0, 0.05) is 28.4 Å². The molecule has 3 heterocycles. The molecular formula is C50H30BNO3. The highest BCUT2D eigenvalue weighted by Gasteiger charge is 2.52. The summed E-state index contributed by atoms with van der Waals surface area (Å²) in [5, 5.41) is 2.30. The van der Waals surface area contributed by atoms with Crippen LogP contribution in [-0.4, -0.2) is 18.4 Å². The predicted molar refractivity (Wildman–Crippen MR) is 221 cm³/mol. The Morgan fingerprint density at radius 2 is 1.00 bits per heavy atom. The SMILES string of the molecule is COc1ccc2c(c1)c1cc3c(cc1n2-c1cc2c4c(c1)Oc1ccccc1B4c1ccccc1O2)C1(c2ccccc2-c2ccccc21)c1ccccc1-3. The summed E-state index contributed by atoms with van der Waals surface area (Å²) in [6, 6.07) is 59.5. The molecule has 8 aromatic carbocycles. The lowest BCUT2D eigenvalue weighted by Crippen LogP contribution is -2.57. The van der Waals surface area contributed by atoms with Gasteiger partial charge in [0.1, 0.15) is 28.7 Å². The number of methoxy groups -OCH3 is 1. The Morgan fingerprint density at radius 1 is 0.473 bits per heavy atom. The summed E-state index contributed by atoms with van der Waals surface area (Å²) in [6.07, 6.45) is 0. The lowest BCUT2D eigenvalue weighted by molar-refractivity contribution is 0.415. The number of aromatic nitrogens is 1. The second-order valence-corrected chi connectivity index (χ2v) is 15.1. The van der Waals surface area contributed by atoms with Crippen LogP contribution >= 0.6 is 0 Å². The quantitative estimate of drug-likeness (QED) is 0.168.